The average Bonchev–Trinajstić information content (AvgIpc) is 3.30. The second kappa shape index (κ2) is 10.7. The van der Waals surface area contributed by atoms with Crippen molar-refractivity contribution in [2.45, 2.75) is 37.2 Å². The third-order valence-electron chi connectivity index (χ3n) is 5.83. The fraction of sp³-hybridized carbons (Fsp3) is 0.259. The Bertz CT molecular complexity index is 1090. The second-order valence-corrected chi connectivity index (χ2v) is 9.19. The highest BCUT2D eigenvalue weighted by Gasteiger charge is 2.42. The van der Waals surface area contributed by atoms with E-state index < -0.39 is 6.04 Å². The Balaban J connectivity index is 1.58. The highest BCUT2D eigenvalue weighted by Crippen LogP contribution is 2.42. The number of rotatable bonds is 7. The Morgan fingerprint density at radius 1 is 1.03 bits per heavy atom. The average molecular weight is 463 g/mol. The molecule has 2 amide bonds. The minimum Gasteiger partial charge on any atom is -0.347 e. The molecule has 1 aliphatic rings. The summed E-state index contributed by atoms with van der Waals surface area (Å²) in [5.41, 5.74) is 2.82. The topological polar surface area (TPSA) is 49.4 Å². The van der Waals surface area contributed by atoms with Crippen molar-refractivity contribution < 1.29 is 14.0 Å². The van der Waals surface area contributed by atoms with E-state index in [-0.39, 0.29) is 35.5 Å². The quantitative estimate of drug-likeness (QED) is 0.520. The molecule has 3 atom stereocenters. The summed E-state index contributed by atoms with van der Waals surface area (Å²) < 4.78 is 13.9. The molecular weight excluding hydrogens is 435 g/mol. The lowest BCUT2D eigenvalue weighted by molar-refractivity contribution is -0.139. The third kappa shape index (κ3) is 5.45. The first-order chi connectivity index (χ1) is 16.1. The van der Waals surface area contributed by atoms with Gasteiger partial charge in [0.15, 0.2) is 0 Å². The molecule has 0 aromatic heterocycles. The maximum Gasteiger partial charge on any atom is 0.244 e. The Morgan fingerprint density at radius 2 is 1.73 bits per heavy atom. The van der Waals surface area contributed by atoms with Crippen LogP contribution in [0.3, 0.4) is 0 Å². The lowest BCUT2D eigenvalue weighted by Crippen LogP contribution is -2.48. The lowest BCUT2D eigenvalue weighted by atomic mass is 9.98. The van der Waals surface area contributed by atoms with Crippen molar-refractivity contribution in [3.05, 3.63) is 107 Å². The summed E-state index contributed by atoms with van der Waals surface area (Å²) in [4.78, 5) is 28.0. The first kappa shape index (κ1) is 23.1. The van der Waals surface area contributed by atoms with Crippen molar-refractivity contribution in [3.63, 3.8) is 0 Å². The van der Waals surface area contributed by atoms with Crippen molar-refractivity contribution in [1.29, 1.82) is 0 Å². The molecule has 1 saturated heterocycles. The summed E-state index contributed by atoms with van der Waals surface area (Å²) in [5, 5.41) is 2.81. The molecule has 0 aliphatic carbocycles. The second-order valence-electron chi connectivity index (χ2n) is 8.07. The minimum absolute atomic E-state index is 0.117. The van der Waals surface area contributed by atoms with E-state index in [1.54, 1.807) is 24.0 Å². The molecule has 1 aliphatic heterocycles. The molecule has 0 spiro atoms. The normalized spacial score (nSPS) is 18.7. The Hall–Kier alpha value is -3.12. The molecule has 4 rings (SSSR count). The molecule has 0 saturated carbocycles. The standard InChI is InChI=1S/C27H27FN2O2S/c1-2-25(31)30-24(18-33-27(30)21-14-9-15-22(28)17-21)26(32)29-23(20-12-7-4-8-13-20)16-19-10-5-3-6-11-19/h3-15,17,23-24,27H,2,16,18H2,1H3,(H,29,32). The zero-order valence-corrected chi connectivity index (χ0v) is 19.3. The van der Waals surface area contributed by atoms with Crippen molar-refractivity contribution >= 4 is 23.6 Å². The smallest absolute Gasteiger partial charge is 0.244 e. The predicted molar refractivity (Wildman–Crippen MR) is 130 cm³/mol. The van der Waals surface area contributed by atoms with Gasteiger partial charge >= 0.3 is 0 Å². The van der Waals surface area contributed by atoms with Crippen LogP contribution in [0.4, 0.5) is 4.39 Å². The van der Waals surface area contributed by atoms with Crippen LogP contribution in [-0.2, 0) is 16.0 Å². The van der Waals surface area contributed by atoms with Gasteiger partial charge in [0.05, 0.1) is 6.04 Å². The summed E-state index contributed by atoms with van der Waals surface area (Å²) in [6.07, 6.45) is 0.924. The van der Waals surface area contributed by atoms with E-state index in [9.17, 15) is 14.0 Å². The lowest BCUT2D eigenvalue weighted by Gasteiger charge is -2.30. The van der Waals surface area contributed by atoms with E-state index >= 15 is 0 Å². The van der Waals surface area contributed by atoms with Gasteiger partial charge in [0.2, 0.25) is 11.8 Å². The van der Waals surface area contributed by atoms with Gasteiger partial charge in [-0.2, -0.15) is 0 Å². The number of carbonyl (C=O) groups is 2. The first-order valence-electron chi connectivity index (χ1n) is 11.1. The maximum atomic E-state index is 13.9. The van der Waals surface area contributed by atoms with Crippen LogP contribution in [0.15, 0.2) is 84.9 Å². The number of benzene rings is 3. The van der Waals surface area contributed by atoms with E-state index in [1.807, 2.05) is 60.7 Å². The van der Waals surface area contributed by atoms with Gasteiger partial charge in [0.25, 0.3) is 0 Å². The molecule has 6 heteroatoms. The van der Waals surface area contributed by atoms with Gasteiger partial charge in [-0.3, -0.25) is 9.59 Å². The molecule has 3 aromatic carbocycles. The van der Waals surface area contributed by atoms with Crippen molar-refractivity contribution in [1.82, 2.24) is 10.2 Å². The SMILES string of the molecule is CCC(=O)N1C(C(=O)NC(Cc2ccccc2)c2ccccc2)CSC1c1cccc(F)c1. The van der Waals surface area contributed by atoms with Gasteiger partial charge in [0, 0.05) is 12.2 Å². The first-order valence-corrected chi connectivity index (χ1v) is 12.2. The molecule has 0 bridgehead atoms. The van der Waals surface area contributed by atoms with Gasteiger partial charge in [-0.05, 0) is 35.2 Å². The van der Waals surface area contributed by atoms with Crippen LogP contribution in [0.25, 0.3) is 0 Å². The van der Waals surface area contributed by atoms with Gasteiger partial charge in [-0.25, -0.2) is 4.39 Å². The number of halogens is 1. The van der Waals surface area contributed by atoms with E-state index in [2.05, 4.69) is 5.32 Å². The van der Waals surface area contributed by atoms with E-state index in [1.165, 1.54) is 23.9 Å². The van der Waals surface area contributed by atoms with Crippen LogP contribution >= 0.6 is 11.8 Å². The van der Waals surface area contributed by atoms with Crippen LogP contribution in [0.5, 0.6) is 0 Å². The summed E-state index contributed by atoms with van der Waals surface area (Å²) in [6, 6.07) is 25.3. The number of carbonyl (C=O) groups excluding carboxylic acids is 2. The molecule has 1 heterocycles. The largest absolute Gasteiger partial charge is 0.347 e. The van der Waals surface area contributed by atoms with Crippen LogP contribution in [0, 0.1) is 5.82 Å². The Kier molecular flexibility index (Phi) is 7.45. The van der Waals surface area contributed by atoms with Crippen LogP contribution in [0.2, 0.25) is 0 Å². The maximum absolute atomic E-state index is 13.9. The Morgan fingerprint density at radius 3 is 2.39 bits per heavy atom. The van der Waals surface area contributed by atoms with Gasteiger partial charge in [0.1, 0.15) is 17.2 Å². The molecule has 0 radical (unpaired) electrons. The summed E-state index contributed by atoms with van der Waals surface area (Å²) >= 11 is 1.50. The monoisotopic (exact) mass is 462 g/mol. The predicted octanol–water partition coefficient (Wildman–Crippen LogP) is 5.28. The molecule has 3 unspecified atom stereocenters. The van der Waals surface area contributed by atoms with Crippen LogP contribution in [0.1, 0.15) is 41.5 Å². The van der Waals surface area contributed by atoms with Crippen molar-refractivity contribution in [2.75, 3.05) is 5.75 Å². The fourth-order valence-electron chi connectivity index (χ4n) is 4.17. The molecule has 1 fully saturated rings. The number of nitrogens with zero attached hydrogens (tertiary/aromatic N) is 1. The zero-order valence-electron chi connectivity index (χ0n) is 18.5. The van der Waals surface area contributed by atoms with E-state index in [0.29, 0.717) is 17.7 Å². The van der Waals surface area contributed by atoms with Gasteiger partial charge in [-0.1, -0.05) is 79.7 Å². The van der Waals surface area contributed by atoms with E-state index in [0.717, 1.165) is 11.1 Å². The molecular formula is C27H27FN2O2S. The minimum atomic E-state index is -0.613. The summed E-state index contributed by atoms with van der Waals surface area (Å²) in [7, 11) is 0. The molecule has 170 valence electrons. The Labute approximate surface area is 198 Å². The van der Waals surface area contributed by atoms with Crippen molar-refractivity contribution in [2.24, 2.45) is 0 Å². The summed E-state index contributed by atoms with van der Waals surface area (Å²) in [5.74, 6) is -0.190. The summed E-state index contributed by atoms with van der Waals surface area (Å²) in [6.45, 7) is 1.78. The zero-order chi connectivity index (χ0) is 23.2. The number of amides is 2. The number of thioether (sulfide) groups is 1. The molecule has 1 N–H and O–H groups in total. The van der Waals surface area contributed by atoms with Crippen LogP contribution < -0.4 is 5.32 Å². The highest BCUT2D eigenvalue weighted by molar-refractivity contribution is 7.99. The van der Waals surface area contributed by atoms with Crippen LogP contribution in [-0.4, -0.2) is 28.5 Å². The number of hydrogen-bond donors (Lipinski definition) is 1. The number of nitrogens with one attached hydrogen (secondary N) is 1. The van der Waals surface area contributed by atoms with E-state index in [4.69, 9.17) is 0 Å². The molecule has 4 nitrogen and oxygen atoms in total. The fourth-order valence-corrected chi connectivity index (χ4v) is 5.61. The number of hydrogen-bond acceptors (Lipinski definition) is 3. The van der Waals surface area contributed by atoms with Gasteiger partial charge < -0.3 is 10.2 Å². The van der Waals surface area contributed by atoms with Gasteiger partial charge in [-0.15, -0.1) is 11.8 Å². The molecule has 3 aromatic rings. The van der Waals surface area contributed by atoms with Crippen molar-refractivity contribution in [3.8, 4) is 0 Å². The third-order valence-corrected chi connectivity index (χ3v) is 7.15. The molecule has 33 heavy (non-hydrogen) atoms. The highest BCUT2D eigenvalue weighted by atomic mass is 32.2.